The zero-order valence-electron chi connectivity index (χ0n) is 15.0. The second-order valence-corrected chi connectivity index (χ2v) is 10.3. The third kappa shape index (κ3) is 3.91. The summed E-state index contributed by atoms with van der Waals surface area (Å²) in [4.78, 5) is 27.1. The Balaban J connectivity index is 2.35. The van der Waals surface area contributed by atoms with Gasteiger partial charge in [-0.05, 0) is 36.8 Å². The predicted octanol–water partition coefficient (Wildman–Crippen LogP) is 7.28. The maximum Gasteiger partial charge on any atom is 0.249 e. The summed E-state index contributed by atoms with van der Waals surface area (Å²) < 4.78 is 14.3. The molecule has 8 heteroatoms. The van der Waals surface area contributed by atoms with Crippen LogP contribution in [0, 0.1) is 6.92 Å². The lowest BCUT2D eigenvalue weighted by molar-refractivity contribution is 0.104. The molecule has 29 heavy (non-hydrogen) atoms. The topological polar surface area (TPSA) is 51.2 Å². The lowest BCUT2D eigenvalue weighted by atomic mass is 10.2. The second kappa shape index (κ2) is 8.63. The summed E-state index contributed by atoms with van der Waals surface area (Å²) in [7, 11) is -4.46. The number of hydrogen-bond donors (Lipinski definition) is 0. The van der Waals surface area contributed by atoms with Gasteiger partial charge in [0.2, 0.25) is 18.2 Å². The Morgan fingerprint density at radius 3 is 1.41 bits per heavy atom. The summed E-state index contributed by atoms with van der Waals surface area (Å²) in [5.74, 6) is 0. The molecule has 0 heterocycles. The largest absolute Gasteiger partial charge is 0.302 e. The Labute approximate surface area is 187 Å². The van der Waals surface area contributed by atoms with Gasteiger partial charge in [-0.3, -0.25) is 9.59 Å². The Morgan fingerprint density at radius 2 is 1.03 bits per heavy atom. The molecule has 0 radical (unpaired) electrons. The van der Waals surface area contributed by atoms with Crippen LogP contribution in [0.5, 0.6) is 0 Å². The van der Waals surface area contributed by atoms with E-state index in [4.69, 9.17) is 46.4 Å². The molecule has 0 aliphatic rings. The van der Waals surface area contributed by atoms with E-state index >= 15 is 0 Å². The molecule has 3 rings (SSSR count). The molecule has 0 N–H and O–H groups in total. The monoisotopic (exact) mass is 484 g/mol. The minimum Gasteiger partial charge on any atom is -0.302 e. The van der Waals surface area contributed by atoms with Gasteiger partial charge in [0, 0.05) is 5.30 Å². The van der Waals surface area contributed by atoms with Crippen LogP contribution in [0.3, 0.4) is 0 Å². The highest BCUT2D eigenvalue weighted by atomic mass is 35.5. The average Bonchev–Trinajstić information content (AvgIpc) is 2.67. The smallest absolute Gasteiger partial charge is 0.249 e. The van der Waals surface area contributed by atoms with Crippen LogP contribution < -0.4 is 5.30 Å². The summed E-state index contributed by atoms with van der Waals surface area (Å²) in [6.45, 7) is 1.66. The summed E-state index contributed by atoms with van der Waals surface area (Å²) in [6.07, 6.45) is 0. The summed E-state index contributed by atoms with van der Waals surface area (Å²) >= 11 is 24.7. The third-order valence-corrected chi connectivity index (χ3v) is 8.41. The summed E-state index contributed by atoms with van der Waals surface area (Å²) in [6, 6.07) is 15.3. The number of carbonyl (C=O) groups excluding carboxylic acids is 2. The Hall–Kier alpha value is -1.61. The number of aryl methyl sites for hydroxylation is 1. The highest BCUT2D eigenvalue weighted by Gasteiger charge is 2.46. The van der Waals surface area contributed by atoms with Gasteiger partial charge in [0.05, 0.1) is 31.2 Å². The second-order valence-electron chi connectivity index (χ2n) is 6.20. The molecule has 0 amide bonds. The number of carbonyl (C=O) groups is 2. The van der Waals surface area contributed by atoms with Crippen LogP contribution in [0.4, 0.5) is 0 Å². The Bertz CT molecular complexity index is 1080. The molecule has 0 bridgehead atoms. The van der Waals surface area contributed by atoms with E-state index in [-0.39, 0.29) is 36.5 Å². The molecular formula is C21H13Cl4O3P. The molecule has 0 aromatic heterocycles. The molecule has 3 aromatic rings. The van der Waals surface area contributed by atoms with Gasteiger partial charge in [0.15, 0.2) is 0 Å². The molecule has 3 nitrogen and oxygen atoms in total. The van der Waals surface area contributed by atoms with E-state index in [1.807, 2.05) is 0 Å². The van der Waals surface area contributed by atoms with Crippen molar-refractivity contribution in [1.82, 2.24) is 0 Å². The van der Waals surface area contributed by atoms with Crippen LogP contribution in [0.2, 0.25) is 20.1 Å². The average molecular weight is 486 g/mol. The lowest BCUT2D eigenvalue weighted by Gasteiger charge is -2.20. The van der Waals surface area contributed by atoms with Crippen molar-refractivity contribution in [2.45, 2.75) is 6.92 Å². The van der Waals surface area contributed by atoms with Gasteiger partial charge in [-0.2, -0.15) is 0 Å². The van der Waals surface area contributed by atoms with Crippen LogP contribution in [0.15, 0.2) is 60.7 Å². The molecule has 0 unspecified atom stereocenters. The first kappa shape index (κ1) is 22.1. The van der Waals surface area contributed by atoms with Gasteiger partial charge in [-0.1, -0.05) is 82.8 Å². The highest BCUT2D eigenvalue weighted by Crippen LogP contribution is 2.54. The van der Waals surface area contributed by atoms with E-state index in [9.17, 15) is 14.2 Å². The van der Waals surface area contributed by atoms with Crippen molar-refractivity contribution in [2.75, 3.05) is 0 Å². The quantitative estimate of drug-likeness (QED) is 0.357. The zero-order valence-corrected chi connectivity index (χ0v) is 18.9. The van der Waals surface area contributed by atoms with Crippen LogP contribution in [-0.4, -0.2) is 11.0 Å². The first-order valence-corrected chi connectivity index (χ1v) is 11.6. The zero-order chi connectivity index (χ0) is 21.3. The van der Waals surface area contributed by atoms with Crippen LogP contribution in [-0.2, 0) is 4.57 Å². The third-order valence-electron chi connectivity index (χ3n) is 4.38. The molecule has 0 aliphatic carbocycles. The highest BCUT2D eigenvalue weighted by molar-refractivity contribution is 8.01. The first-order chi connectivity index (χ1) is 13.7. The lowest BCUT2D eigenvalue weighted by Crippen LogP contribution is -2.23. The van der Waals surface area contributed by atoms with Gasteiger partial charge >= 0.3 is 0 Å². The van der Waals surface area contributed by atoms with Crippen molar-refractivity contribution in [3.8, 4) is 0 Å². The SMILES string of the molecule is Cc1ccccc1P(=O)(C(=O)c1c(Cl)cccc1Cl)C(=O)c1c(Cl)cccc1Cl. The standard InChI is InChI=1S/C21H13Cl4O3P/c1-12-6-2-3-11-17(12)29(28,20(26)18-13(22)7-4-8-14(18)23)21(27)19-15(24)9-5-10-16(19)25/h2-11H,1H3. The Morgan fingerprint density at radius 1 is 0.655 bits per heavy atom. The molecule has 148 valence electrons. The van der Waals surface area contributed by atoms with E-state index in [0.29, 0.717) is 5.56 Å². The van der Waals surface area contributed by atoms with Crippen molar-refractivity contribution < 1.29 is 14.2 Å². The fourth-order valence-corrected chi connectivity index (χ4v) is 6.95. The maximum atomic E-state index is 14.3. The van der Waals surface area contributed by atoms with Crippen molar-refractivity contribution >= 4 is 69.9 Å². The fourth-order valence-electron chi connectivity index (χ4n) is 2.95. The van der Waals surface area contributed by atoms with Crippen LogP contribution in [0.1, 0.15) is 26.3 Å². The van der Waals surface area contributed by atoms with Crippen molar-refractivity contribution in [2.24, 2.45) is 0 Å². The molecule has 0 spiro atoms. The van der Waals surface area contributed by atoms with Crippen molar-refractivity contribution in [3.63, 3.8) is 0 Å². The van der Waals surface area contributed by atoms with E-state index in [1.54, 1.807) is 37.3 Å². The number of hydrogen-bond acceptors (Lipinski definition) is 3. The van der Waals surface area contributed by atoms with Crippen LogP contribution in [0.25, 0.3) is 0 Å². The summed E-state index contributed by atoms with van der Waals surface area (Å²) in [5, 5.41) is 0.0643. The summed E-state index contributed by atoms with van der Waals surface area (Å²) in [5.41, 5.74) is -1.80. The van der Waals surface area contributed by atoms with E-state index in [2.05, 4.69) is 0 Å². The van der Waals surface area contributed by atoms with Crippen molar-refractivity contribution in [1.29, 1.82) is 0 Å². The molecule has 0 atom stereocenters. The van der Waals surface area contributed by atoms with Crippen LogP contribution >= 0.6 is 53.5 Å². The normalized spacial score (nSPS) is 11.3. The van der Waals surface area contributed by atoms with Gasteiger partial charge in [-0.15, -0.1) is 0 Å². The van der Waals surface area contributed by atoms with Crippen molar-refractivity contribution in [3.05, 3.63) is 97.4 Å². The maximum absolute atomic E-state index is 14.3. The number of benzene rings is 3. The van der Waals surface area contributed by atoms with Gasteiger partial charge in [0.1, 0.15) is 0 Å². The number of rotatable bonds is 5. The van der Waals surface area contributed by atoms with E-state index in [1.165, 1.54) is 30.3 Å². The molecule has 0 saturated carbocycles. The molecule has 0 aliphatic heterocycles. The van der Waals surface area contributed by atoms with Gasteiger partial charge < -0.3 is 4.57 Å². The molecular weight excluding hydrogens is 473 g/mol. The molecule has 0 saturated heterocycles. The first-order valence-electron chi connectivity index (χ1n) is 8.33. The van der Waals surface area contributed by atoms with E-state index < -0.39 is 18.2 Å². The van der Waals surface area contributed by atoms with E-state index in [0.717, 1.165) is 0 Å². The van der Waals surface area contributed by atoms with Gasteiger partial charge in [-0.25, -0.2) is 0 Å². The minimum atomic E-state index is -4.46. The molecule has 0 fully saturated rings. The fraction of sp³-hybridized carbons (Fsp3) is 0.0476. The predicted molar refractivity (Wildman–Crippen MR) is 120 cm³/mol. The van der Waals surface area contributed by atoms with Gasteiger partial charge in [0.25, 0.3) is 0 Å². The molecule has 3 aromatic carbocycles. The number of halogens is 4. The Kier molecular flexibility index (Phi) is 6.57. The minimum absolute atomic E-state index is 0.00522.